The van der Waals surface area contributed by atoms with Crippen LogP contribution in [-0.2, 0) is 0 Å². The van der Waals surface area contributed by atoms with Gasteiger partial charge in [-0.25, -0.2) is 0 Å². The molecule has 54 heteroatoms. The van der Waals surface area contributed by atoms with E-state index in [1.807, 2.05) is 0 Å². The number of non-ortho nitro benzene ring substituents is 5. The molecule has 0 atom stereocenters. The van der Waals surface area contributed by atoms with Crippen molar-refractivity contribution in [1.29, 1.82) is 0 Å². The minimum Gasteiger partial charge on any atom is -0.502 e. The fourth-order valence-corrected chi connectivity index (χ4v) is 9.01. The Morgan fingerprint density at radius 2 is 0.412 bits per heavy atom. The third-order valence-corrected chi connectivity index (χ3v) is 15.3. The molecule has 0 heterocycles. The number of benzene rings is 11. The zero-order valence-corrected chi connectivity index (χ0v) is 67.5. The molecular weight excluding hydrogens is 1830 g/mol. The Morgan fingerprint density at radius 1 is 0.162 bits per heavy atom. The number of nitro benzene ring substituents is 11. The molecule has 0 amide bonds. The van der Waals surface area contributed by atoms with Crippen LogP contribution in [0, 0.1) is 111 Å². The van der Waals surface area contributed by atoms with Gasteiger partial charge in [0.2, 0.25) is 11.5 Å². The van der Waals surface area contributed by atoms with Crippen LogP contribution in [0.5, 0.6) is 28.7 Å². The molecule has 0 bridgehead atoms. The Hall–Kier alpha value is -21.5. The van der Waals surface area contributed by atoms with Gasteiger partial charge in [-0.2, -0.15) is 0 Å². The lowest BCUT2D eigenvalue weighted by Crippen LogP contribution is -1.96. The summed E-state index contributed by atoms with van der Waals surface area (Å²) >= 11 is 0. The van der Waals surface area contributed by atoms with Crippen molar-refractivity contribution in [3.05, 3.63) is 407 Å². The molecule has 54 nitrogen and oxygen atoms in total. The van der Waals surface area contributed by atoms with E-state index in [2.05, 4.69) is 0 Å². The first-order valence-corrected chi connectivity index (χ1v) is 35.2. The molecule has 11 aromatic carbocycles. The zero-order chi connectivity index (χ0) is 103. The van der Waals surface area contributed by atoms with Crippen LogP contribution in [0.4, 0.5) is 62.6 Å². The molecule has 0 spiro atoms. The normalized spacial score (nSPS) is 9.26. The van der Waals surface area contributed by atoms with Crippen molar-refractivity contribution < 1.29 is 156 Å². The van der Waals surface area contributed by atoms with Gasteiger partial charge in [-0.15, -0.1) is 0 Å². The Bertz CT molecular complexity index is 6270. The van der Waals surface area contributed by atoms with E-state index in [0.29, 0.717) is 114 Å². The van der Waals surface area contributed by atoms with Gasteiger partial charge in [0.25, 0.3) is 34.2 Å². The highest BCUT2D eigenvalue weighted by Gasteiger charge is 2.27. The van der Waals surface area contributed by atoms with E-state index < -0.39 is 140 Å². The summed E-state index contributed by atoms with van der Waals surface area (Å²) in [5, 5.41) is 159. The summed E-state index contributed by atoms with van der Waals surface area (Å²) in [7, 11) is 0. The predicted molar refractivity (Wildman–Crippen MR) is 459 cm³/mol. The van der Waals surface area contributed by atoms with Crippen LogP contribution in [0.2, 0.25) is 0 Å². The van der Waals surface area contributed by atoms with Gasteiger partial charge < -0.3 is 25.5 Å². The van der Waals surface area contributed by atoms with E-state index in [9.17, 15) is 193 Å². The van der Waals surface area contributed by atoms with E-state index in [1.54, 1.807) is 72.8 Å². The molecule has 0 aliphatic heterocycles. The van der Waals surface area contributed by atoms with E-state index in [0.717, 1.165) is 97.5 Å². The summed E-state index contributed by atoms with van der Waals surface area (Å²) in [6, 6.07) is 43.1. The summed E-state index contributed by atoms with van der Waals surface area (Å²) in [6.07, 6.45) is 7.99. The van der Waals surface area contributed by atoms with Crippen molar-refractivity contribution in [2.75, 3.05) is 0 Å². The van der Waals surface area contributed by atoms with Crippen LogP contribution in [0.3, 0.4) is 0 Å². The SMILES string of the molecule is O=Cc1cc(C=O)c(O)c([N+](=O)[O-])c1.O=Cc1cc(C=O)cc([N+](=O)[O-])c1.O=Cc1cc([N+](=O)[O-])c(O)c([N+](=O)[O-])c1.O=Cc1cc([N+](=O)[O-])cc([N+](=O)[O-])c1.O=Cc1cc([N+](=O)[O-])cc([N+](=O)[O-])c1O.O=Cc1ccc(C=O)cc1.O=Cc1ccc(O)c([N+](=O)[O-])c1.O=Cc1ccc([N+](=O)[O-])c(O)c1.O=Cc1cccc(C=O)c1.O=Cc1cccc([N+](=O)[O-])c1.O=Cc1ccccc1C=O. The minimum atomic E-state index is -1.06. The van der Waals surface area contributed by atoms with E-state index in [4.69, 9.17) is 20.4 Å². The van der Waals surface area contributed by atoms with Gasteiger partial charge in [0.1, 0.15) is 62.9 Å². The maximum atomic E-state index is 10.4. The van der Waals surface area contributed by atoms with E-state index in [-0.39, 0.29) is 74.7 Å². The number of nitro groups is 11. The van der Waals surface area contributed by atoms with Crippen LogP contribution < -0.4 is 0 Å². The molecule has 0 saturated heterocycles. The van der Waals surface area contributed by atoms with Gasteiger partial charge in [0, 0.05) is 151 Å². The van der Waals surface area contributed by atoms with Crippen LogP contribution >= 0.6 is 0 Å². The molecule has 0 aliphatic carbocycles. The first kappa shape index (κ1) is 113. The Morgan fingerprint density at radius 3 is 0.750 bits per heavy atom. The molecular formula is C82H55N11O43. The molecule has 0 aromatic heterocycles. The molecule has 0 saturated carbocycles. The average Bonchev–Trinajstić information content (AvgIpc) is 0.820. The second-order valence-corrected chi connectivity index (χ2v) is 24.2. The van der Waals surface area contributed by atoms with Gasteiger partial charge in [-0.3, -0.25) is 188 Å². The molecule has 0 unspecified atom stereocenters. The summed E-state index contributed by atoms with van der Waals surface area (Å²) in [5.74, 6) is -3.60. The second kappa shape index (κ2) is 57.9. The molecule has 0 fully saturated rings. The maximum Gasteiger partial charge on any atom is 0.318 e. The number of rotatable bonds is 27. The van der Waals surface area contributed by atoms with Gasteiger partial charge in [-0.1, -0.05) is 78.9 Å². The summed E-state index contributed by atoms with van der Waals surface area (Å²) in [6.45, 7) is 0. The number of hydrogen-bond donors (Lipinski definition) is 5. The van der Waals surface area contributed by atoms with Crippen LogP contribution in [-0.4, -0.2) is 180 Å². The van der Waals surface area contributed by atoms with Crippen LogP contribution in [0.25, 0.3) is 0 Å². The van der Waals surface area contributed by atoms with Crippen LogP contribution in [0.15, 0.2) is 206 Å². The van der Waals surface area contributed by atoms with Gasteiger partial charge in [-0.05, 0) is 42.5 Å². The van der Waals surface area contributed by atoms with E-state index >= 15 is 0 Å². The Kier molecular flexibility index (Phi) is 47.9. The number of hydrogen-bond acceptors (Lipinski definition) is 43. The van der Waals surface area contributed by atoms with Gasteiger partial charge in [0.15, 0.2) is 49.2 Å². The number of aldehydes is 16. The third-order valence-electron chi connectivity index (χ3n) is 15.3. The molecule has 11 rings (SSSR count). The van der Waals surface area contributed by atoms with Crippen molar-refractivity contribution in [1.82, 2.24) is 0 Å². The standard InChI is InChI=1S/C8H5NO5.C8H5NO4.3C8H6O2.2C7H4N2O6.C7H4N2O5.2C7H5NO4.C7H5NO3/c10-3-5-1-6(4-11)8(12)7(2-5)9(13)14;10-4-6-1-7(5-11)3-8(2-6)9(12)13;9-5-7-1-2-8(6-10)4-3-7;9-5-7-2-1-3-8(4-7)6-10;9-5-7-3-1-2-4-8(7)6-10;10-3-4-1-5(8(12)13)2-6(7(4)11)9(14)15;10-3-4-1-5(8(12)13)7(11)6(2-4)9(14)15;10-4-5-1-6(8(11)12)3-7(2-5)9(13)14;9-4-5-1-2-7(10)6(3-5)8(11)12;9-4-5-1-2-6(8(11)12)7(10)3-5;9-5-6-2-1-3-7(4-6)8(10)11/h1-4,12H;1-5H;3*1-6H;2*1-3,11H;1-4H;2*1-4,10H;1-5H. The lowest BCUT2D eigenvalue weighted by Gasteiger charge is -1.99. The maximum absolute atomic E-state index is 10.4. The minimum absolute atomic E-state index is 0.0309. The molecule has 696 valence electrons. The number of carbonyl (C=O) groups excluding carboxylic acids is 16. The summed E-state index contributed by atoms with van der Waals surface area (Å²) in [4.78, 5) is 268. The lowest BCUT2D eigenvalue weighted by molar-refractivity contribution is -0.396. The monoisotopic (exact) mass is 1880 g/mol. The number of carbonyl (C=O) groups is 16. The summed E-state index contributed by atoms with van der Waals surface area (Å²) in [5.41, 5.74) is -3.08. The van der Waals surface area contributed by atoms with Crippen molar-refractivity contribution in [2.24, 2.45) is 0 Å². The van der Waals surface area contributed by atoms with Gasteiger partial charge >= 0.3 is 34.1 Å². The first-order valence-electron chi connectivity index (χ1n) is 35.2. The highest BCUT2D eigenvalue weighted by atomic mass is 16.7. The van der Waals surface area contributed by atoms with Gasteiger partial charge in [0.05, 0.1) is 77.4 Å². The topological polar surface area (TPSA) is 849 Å². The fraction of sp³-hybridized carbons (Fsp3) is 0. The number of phenols is 5. The smallest absolute Gasteiger partial charge is 0.318 e. The van der Waals surface area contributed by atoms with Crippen LogP contribution in [0.1, 0.15) is 166 Å². The third kappa shape index (κ3) is 37.4. The molecule has 11 aromatic rings. The van der Waals surface area contributed by atoms with Crippen molar-refractivity contribution >= 4 is 163 Å². The quantitative estimate of drug-likeness (QED) is 0.0181. The Labute approximate surface area is 752 Å². The van der Waals surface area contributed by atoms with Crippen molar-refractivity contribution in [3.8, 4) is 28.7 Å². The number of nitrogens with zero attached hydrogens (tertiary/aromatic N) is 11. The largest absolute Gasteiger partial charge is 0.502 e. The lowest BCUT2D eigenvalue weighted by atomic mass is 10.1. The first-order chi connectivity index (χ1) is 64.4. The molecule has 0 radical (unpaired) electrons. The highest BCUT2D eigenvalue weighted by Crippen LogP contribution is 2.37. The predicted octanol–water partition coefficient (Wildman–Crippen LogP) is 13.1. The zero-order valence-electron chi connectivity index (χ0n) is 67.5. The molecule has 136 heavy (non-hydrogen) atoms. The molecule has 0 aliphatic rings. The second-order valence-electron chi connectivity index (χ2n) is 24.2. The number of aromatic hydroxyl groups is 5. The number of phenolic OH excluding ortho intramolecular Hbond substituents is 5. The van der Waals surface area contributed by atoms with Crippen molar-refractivity contribution in [3.63, 3.8) is 0 Å². The van der Waals surface area contributed by atoms with E-state index in [1.165, 1.54) is 42.5 Å². The fourth-order valence-electron chi connectivity index (χ4n) is 9.01. The average molecular weight is 1880 g/mol. The Balaban J connectivity index is 0.000000750. The highest BCUT2D eigenvalue weighted by molar-refractivity contribution is 5.91. The summed E-state index contributed by atoms with van der Waals surface area (Å²) < 4.78 is 0. The molecule has 5 N–H and O–H groups in total. The van der Waals surface area contributed by atoms with Crippen molar-refractivity contribution in [2.45, 2.75) is 0 Å².